The Kier molecular flexibility index (Phi) is 8.61. The molecular weight excluding hydrogens is 502 g/mol. The lowest BCUT2D eigenvalue weighted by Gasteiger charge is -2.36. The van der Waals surface area contributed by atoms with Crippen LogP contribution in [0.5, 0.6) is 0 Å². The lowest BCUT2D eigenvalue weighted by molar-refractivity contribution is -0.128. The van der Waals surface area contributed by atoms with Gasteiger partial charge in [0.25, 0.3) is 5.56 Å². The number of carbonyl (C=O) groups excluding carboxylic acids is 1. The van der Waals surface area contributed by atoms with Gasteiger partial charge in [0.15, 0.2) is 5.16 Å². The Morgan fingerprint density at radius 1 is 1.00 bits per heavy atom. The van der Waals surface area contributed by atoms with Crippen LogP contribution in [0.1, 0.15) is 81.9 Å². The predicted octanol–water partition coefficient (Wildman–Crippen LogP) is 7.10. The Labute approximate surface area is 237 Å². The van der Waals surface area contributed by atoms with Gasteiger partial charge in [0.1, 0.15) is 0 Å². The van der Waals surface area contributed by atoms with E-state index in [9.17, 15) is 9.59 Å². The second-order valence-electron chi connectivity index (χ2n) is 11.2. The number of fused-ring (bicyclic) bond motifs is 4. The lowest BCUT2D eigenvalue weighted by atomic mass is 9.68. The van der Waals surface area contributed by atoms with Gasteiger partial charge in [0.05, 0.1) is 22.7 Å². The highest BCUT2D eigenvalue weighted by Crippen LogP contribution is 2.50. The van der Waals surface area contributed by atoms with E-state index in [4.69, 9.17) is 4.98 Å². The molecule has 2 aliphatic carbocycles. The maximum absolute atomic E-state index is 14.6. The molecule has 5 rings (SSSR count). The first-order valence-electron chi connectivity index (χ1n) is 14.7. The summed E-state index contributed by atoms with van der Waals surface area (Å²) < 4.78 is 1.81. The minimum atomic E-state index is -0.158. The number of para-hydroxylation sites is 1. The van der Waals surface area contributed by atoms with Gasteiger partial charge in [-0.2, -0.15) is 0 Å². The van der Waals surface area contributed by atoms with Crippen molar-refractivity contribution in [1.82, 2.24) is 14.5 Å². The minimum absolute atomic E-state index is 0.0366. The van der Waals surface area contributed by atoms with Crippen molar-refractivity contribution in [3.05, 3.63) is 75.6 Å². The molecule has 0 atom stereocenters. The summed E-state index contributed by atoms with van der Waals surface area (Å²) >= 11 is 1.41. The number of rotatable bonds is 10. The Morgan fingerprint density at radius 2 is 1.67 bits per heavy atom. The fourth-order valence-corrected chi connectivity index (χ4v) is 7.31. The van der Waals surface area contributed by atoms with Crippen LogP contribution in [0.2, 0.25) is 0 Å². The van der Waals surface area contributed by atoms with Crippen molar-refractivity contribution in [2.24, 2.45) is 0 Å². The summed E-state index contributed by atoms with van der Waals surface area (Å²) in [7, 11) is 0. The van der Waals surface area contributed by atoms with E-state index < -0.39 is 0 Å². The molecule has 1 aromatic heterocycles. The molecule has 1 fully saturated rings. The third-order valence-electron chi connectivity index (χ3n) is 8.54. The van der Waals surface area contributed by atoms with E-state index in [0.29, 0.717) is 5.16 Å². The third-order valence-corrected chi connectivity index (χ3v) is 9.47. The largest absolute Gasteiger partial charge is 0.342 e. The number of hydrogen-bond donors (Lipinski definition) is 0. The van der Waals surface area contributed by atoms with Crippen molar-refractivity contribution in [2.75, 3.05) is 18.8 Å². The smallest absolute Gasteiger partial charge is 0.263 e. The molecular formula is C33H41N3O2S. The van der Waals surface area contributed by atoms with Crippen molar-refractivity contribution in [2.45, 2.75) is 89.1 Å². The number of thioether (sulfide) groups is 1. The Morgan fingerprint density at radius 3 is 2.36 bits per heavy atom. The molecule has 0 N–H and O–H groups in total. The van der Waals surface area contributed by atoms with E-state index >= 15 is 0 Å². The Balaban J connectivity index is 1.62. The summed E-state index contributed by atoms with van der Waals surface area (Å²) in [6, 6.07) is 16.5. The quantitative estimate of drug-likeness (QED) is 0.202. The first-order valence-corrected chi connectivity index (χ1v) is 15.7. The molecule has 0 aliphatic heterocycles. The number of nitrogens with zero attached hydrogens (tertiary/aromatic N) is 3. The van der Waals surface area contributed by atoms with Crippen molar-refractivity contribution >= 4 is 17.7 Å². The zero-order valence-corrected chi connectivity index (χ0v) is 24.5. The summed E-state index contributed by atoms with van der Waals surface area (Å²) in [5, 5.41) is 0.609. The molecule has 3 aromatic rings. The van der Waals surface area contributed by atoms with Crippen LogP contribution >= 0.6 is 11.8 Å². The molecule has 1 heterocycles. The summed E-state index contributed by atoms with van der Waals surface area (Å²) in [4.78, 5) is 35.3. The summed E-state index contributed by atoms with van der Waals surface area (Å²) in [6.45, 7) is 7.93. The van der Waals surface area contributed by atoms with E-state index in [0.717, 1.165) is 98.9 Å². The first kappa shape index (κ1) is 27.7. The summed E-state index contributed by atoms with van der Waals surface area (Å²) in [5.74, 6) is 0.398. The predicted molar refractivity (Wildman–Crippen MR) is 161 cm³/mol. The van der Waals surface area contributed by atoms with Crippen LogP contribution < -0.4 is 5.56 Å². The molecule has 0 saturated heterocycles. The summed E-state index contributed by atoms with van der Waals surface area (Å²) in [6.07, 6.45) is 9.35. The molecule has 1 amide bonds. The highest BCUT2D eigenvalue weighted by Gasteiger charge is 2.44. The lowest BCUT2D eigenvalue weighted by Crippen LogP contribution is -2.40. The van der Waals surface area contributed by atoms with Crippen molar-refractivity contribution in [3.63, 3.8) is 0 Å². The van der Waals surface area contributed by atoms with Crippen LogP contribution in [0.25, 0.3) is 16.9 Å². The van der Waals surface area contributed by atoms with E-state index in [-0.39, 0.29) is 22.6 Å². The highest BCUT2D eigenvalue weighted by molar-refractivity contribution is 7.99. The van der Waals surface area contributed by atoms with Gasteiger partial charge in [-0.05, 0) is 56.2 Å². The average molecular weight is 544 g/mol. The monoisotopic (exact) mass is 543 g/mol. The average Bonchev–Trinajstić information content (AvgIpc) is 3.40. The van der Waals surface area contributed by atoms with Gasteiger partial charge in [-0.25, -0.2) is 4.98 Å². The normalized spacial score (nSPS) is 15.3. The van der Waals surface area contributed by atoms with Crippen molar-refractivity contribution in [3.8, 4) is 16.9 Å². The van der Waals surface area contributed by atoms with Gasteiger partial charge in [0, 0.05) is 24.1 Å². The SMILES string of the molecule is CCCCN(CCCC)C(=O)CSc1nc2c(c(=O)n1-c1ccccc1C)C1(CCCC1)Cc1ccccc1-2. The van der Waals surface area contributed by atoms with E-state index in [2.05, 4.69) is 32.0 Å². The number of benzene rings is 2. The molecule has 2 aromatic carbocycles. The zero-order chi connectivity index (χ0) is 27.4. The topological polar surface area (TPSA) is 55.2 Å². The van der Waals surface area contributed by atoms with Gasteiger partial charge >= 0.3 is 0 Å². The molecule has 206 valence electrons. The fourth-order valence-electron chi connectivity index (χ4n) is 6.41. The van der Waals surface area contributed by atoms with Gasteiger partial charge in [-0.3, -0.25) is 14.2 Å². The number of aromatic nitrogens is 2. The van der Waals surface area contributed by atoms with Gasteiger partial charge in [0.2, 0.25) is 5.91 Å². The van der Waals surface area contributed by atoms with Gasteiger partial charge < -0.3 is 4.90 Å². The third kappa shape index (κ3) is 5.45. The zero-order valence-electron chi connectivity index (χ0n) is 23.7. The Bertz CT molecular complexity index is 1380. The van der Waals surface area contributed by atoms with E-state index in [1.807, 2.05) is 46.7 Å². The molecule has 0 unspecified atom stereocenters. The molecule has 39 heavy (non-hydrogen) atoms. The summed E-state index contributed by atoms with van der Waals surface area (Å²) in [5.41, 5.74) is 5.82. The van der Waals surface area contributed by atoms with Crippen LogP contribution in [0, 0.1) is 6.92 Å². The molecule has 2 aliphatic rings. The second-order valence-corrected chi connectivity index (χ2v) is 12.2. The number of amides is 1. The number of aryl methyl sites for hydroxylation is 1. The number of carbonyl (C=O) groups is 1. The number of unbranched alkanes of at least 4 members (excludes halogenated alkanes) is 2. The van der Waals surface area contributed by atoms with Gasteiger partial charge in [-0.15, -0.1) is 0 Å². The second kappa shape index (κ2) is 12.1. The van der Waals surface area contributed by atoms with Crippen LogP contribution in [0.3, 0.4) is 0 Å². The van der Waals surface area contributed by atoms with Crippen molar-refractivity contribution in [1.29, 1.82) is 0 Å². The van der Waals surface area contributed by atoms with Crippen molar-refractivity contribution < 1.29 is 4.79 Å². The molecule has 0 bridgehead atoms. The Hall–Kier alpha value is -2.86. The molecule has 1 saturated carbocycles. The maximum atomic E-state index is 14.6. The van der Waals surface area contributed by atoms with Crippen LogP contribution in [-0.2, 0) is 16.6 Å². The highest BCUT2D eigenvalue weighted by atomic mass is 32.2. The standard InChI is InChI=1S/C33H41N3O2S/c1-4-6-20-35(21-7-5-2)28(37)23-39-32-34-30-26-16-10-9-15-25(26)22-33(18-12-13-19-33)29(30)31(38)36(32)27-17-11-8-14-24(27)3/h8-11,14-17H,4-7,12-13,18-23H2,1-3H3. The van der Waals surface area contributed by atoms with Crippen LogP contribution in [-0.4, -0.2) is 39.2 Å². The van der Waals surface area contributed by atoms with Gasteiger partial charge in [-0.1, -0.05) is 93.8 Å². The fraction of sp³-hybridized carbons (Fsp3) is 0.485. The first-order chi connectivity index (χ1) is 19.0. The molecule has 0 radical (unpaired) electrons. The molecule has 6 heteroatoms. The molecule has 5 nitrogen and oxygen atoms in total. The minimum Gasteiger partial charge on any atom is -0.342 e. The maximum Gasteiger partial charge on any atom is 0.263 e. The van der Waals surface area contributed by atoms with Crippen LogP contribution in [0.4, 0.5) is 0 Å². The molecule has 1 spiro atoms. The number of hydrogen-bond acceptors (Lipinski definition) is 4. The van der Waals surface area contributed by atoms with Crippen LogP contribution in [0.15, 0.2) is 58.5 Å². The van der Waals surface area contributed by atoms with E-state index in [1.54, 1.807) is 0 Å². The van der Waals surface area contributed by atoms with E-state index in [1.165, 1.54) is 17.3 Å².